The summed E-state index contributed by atoms with van der Waals surface area (Å²) in [5.41, 5.74) is 8.83. The van der Waals surface area contributed by atoms with Gasteiger partial charge in [0.2, 0.25) is 0 Å². The van der Waals surface area contributed by atoms with Gasteiger partial charge in [-0.1, -0.05) is 17.3 Å². The Balaban J connectivity index is 1.96. The molecule has 1 aromatic carbocycles. The van der Waals surface area contributed by atoms with Gasteiger partial charge in [-0.25, -0.2) is 4.68 Å². The molecule has 5 heteroatoms. The van der Waals surface area contributed by atoms with E-state index in [9.17, 15) is 0 Å². The molecule has 1 heterocycles. The van der Waals surface area contributed by atoms with Crippen LogP contribution in [0.2, 0.25) is 0 Å². The molecule has 2 aromatic rings. The molecule has 0 saturated carbocycles. The molecule has 0 aliphatic heterocycles. The van der Waals surface area contributed by atoms with E-state index in [1.807, 2.05) is 19.9 Å². The molecule has 0 fully saturated rings. The van der Waals surface area contributed by atoms with E-state index in [4.69, 9.17) is 10.5 Å². The maximum absolute atomic E-state index is 5.76. The lowest BCUT2D eigenvalue weighted by Crippen LogP contribution is -2.11. The fourth-order valence-electron chi connectivity index (χ4n) is 1.69. The first kappa shape index (κ1) is 12.4. The highest BCUT2D eigenvalue weighted by Crippen LogP contribution is 2.19. The van der Waals surface area contributed by atoms with Gasteiger partial charge in [0.05, 0.1) is 12.2 Å². The van der Waals surface area contributed by atoms with Gasteiger partial charge in [-0.2, -0.15) is 0 Å². The van der Waals surface area contributed by atoms with Crippen LogP contribution in [0.5, 0.6) is 5.75 Å². The summed E-state index contributed by atoms with van der Waals surface area (Å²) in [7, 11) is 0. The summed E-state index contributed by atoms with van der Waals surface area (Å²) in [6.07, 6.45) is 0. The number of hydrogen-bond acceptors (Lipinski definition) is 4. The summed E-state index contributed by atoms with van der Waals surface area (Å²) in [4.78, 5) is 0. The van der Waals surface area contributed by atoms with Crippen LogP contribution in [0.4, 0.5) is 5.82 Å². The maximum Gasteiger partial charge on any atom is 0.168 e. The van der Waals surface area contributed by atoms with Gasteiger partial charge in [0.15, 0.2) is 5.82 Å². The molecule has 0 atom stereocenters. The first-order chi connectivity index (χ1) is 8.58. The van der Waals surface area contributed by atoms with E-state index in [0.717, 1.165) is 17.0 Å². The van der Waals surface area contributed by atoms with Crippen LogP contribution >= 0.6 is 0 Å². The van der Waals surface area contributed by atoms with Gasteiger partial charge >= 0.3 is 0 Å². The van der Waals surface area contributed by atoms with Crippen LogP contribution in [0.25, 0.3) is 0 Å². The second kappa shape index (κ2) is 5.08. The molecule has 96 valence electrons. The van der Waals surface area contributed by atoms with Gasteiger partial charge < -0.3 is 10.5 Å². The molecule has 2 rings (SSSR count). The third-order valence-electron chi connectivity index (χ3n) is 2.92. The maximum atomic E-state index is 5.76. The first-order valence-electron chi connectivity index (χ1n) is 5.93. The zero-order valence-electron chi connectivity index (χ0n) is 11.0. The normalized spacial score (nSPS) is 10.6. The Morgan fingerprint density at radius 2 is 2.06 bits per heavy atom. The zero-order valence-corrected chi connectivity index (χ0v) is 11.0. The van der Waals surface area contributed by atoms with Crippen LogP contribution in [0.3, 0.4) is 0 Å². The zero-order chi connectivity index (χ0) is 13.1. The van der Waals surface area contributed by atoms with Gasteiger partial charge in [0, 0.05) is 0 Å². The minimum atomic E-state index is 0.474. The molecule has 0 unspecified atom stereocenters. The van der Waals surface area contributed by atoms with Gasteiger partial charge in [-0.15, -0.1) is 5.10 Å². The standard InChI is InChI=1S/C13H18N4O/c1-9-4-5-10(2)12(8-9)18-7-6-17-11(3)13(14)15-16-17/h4-5,8H,6-7,14H2,1-3H3. The Morgan fingerprint density at radius 1 is 1.28 bits per heavy atom. The van der Waals surface area contributed by atoms with E-state index in [2.05, 4.69) is 29.4 Å². The Morgan fingerprint density at radius 3 is 2.72 bits per heavy atom. The highest BCUT2D eigenvalue weighted by molar-refractivity contribution is 5.36. The van der Waals surface area contributed by atoms with Crippen molar-refractivity contribution in [2.45, 2.75) is 27.3 Å². The summed E-state index contributed by atoms with van der Waals surface area (Å²) in [6.45, 7) is 7.17. The van der Waals surface area contributed by atoms with Crippen LogP contribution in [0.15, 0.2) is 18.2 Å². The van der Waals surface area contributed by atoms with E-state index in [1.165, 1.54) is 5.56 Å². The van der Waals surface area contributed by atoms with E-state index in [0.29, 0.717) is 19.0 Å². The second-order valence-corrected chi connectivity index (χ2v) is 4.40. The predicted octanol–water partition coefficient (Wildman–Crippen LogP) is 1.86. The molecule has 0 aliphatic carbocycles. The van der Waals surface area contributed by atoms with E-state index in [-0.39, 0.29) is 0 Å². The summed E-state index contributed by atoms with van der Waals surface area (Å²) in [6, 6.07) is 6.17. The molecule has 0 bridgehead atoms. The van der Waals surface area contributed by atoms with Crippen molar-refractivity contribution in [3.05, 3.63) is 35.0 Å². The third-order valence-corrected chi connectivity index (χ3v) is 2.92. The van der Waals surface area contributed by atoms with E-state index < -0.39 is 0 Å². The predicted molar refractivity (Wildman–Crippen MR) is 70.6 cm³/mol. The second-order valence-electron chi connectivity index (χ2n) is 4.40. The number of rotatable bonds is 4. The minimum Gasteiger partial charge on any atom is -0.491 e. The number of nitrogen functional groups attached to an aromatic ring is 1. The smallest absolute Gasteiger partial charge is 0.168 e. The molecule has 1 aromatic heterocycles. The Labute approximate surface area is 107 Å². The molecule has 0 radical (unpaired) electrons. The van der Waals surface area contributed by atoms with Crippen molar-refractivity contribution in [1.82, 2.24) is 15.0 Å². The van der Waals surface area contributed by atoms with Crippen molar-refractivity contribution in [2.24, 2.45) is 0 Å². The van der Waals surface area contributed by atoms with Crippen LogP contribution in [0.1, 0.15) is 16.8 Å². The summed E-state index contributed by atoms with van der Waals surface area (Å²) >= 11 is 0. The van der Waals surface area contributed by atoms with E-state index in [1.54, 1.807) is 4.68 Å². The number of anilines is 1. The van der Waals surface area contributed by atoms with Gasteiger partial charge in [0.1, 0.15) is 12.4 Å². The number of aryl methyl sites for hydroxylation is 2. The van der Waals surface area contributed by atoms with Crippen LogP contribution in [-0.4, -0.2) is 21.6 Å². The highest BCUT2D eigenvalue weighted by atomic mass is 16.5. The minimum absolute atomic E-state index is 0.474. The van der Waals surface area contributed by atoms with Crippen molar-refractivity contribution < 1.29 is 4.74 Å². The number of benzene rings is 1. The van der Waals surface area contributed by atoms with Crippen molar-refractivity contribution in [3.8, 4) is 5.75 Å². The number of aromatic nitrogens is 3. The monoisotopic (exact) mass is 246 g/mol. The highest BCUT2D eigenvalue weighted by Gasteiger charge is 2.05. The van der Waals surface area contributed by atoms with Crippen molar-refractivity contribution >= 4 is 5.82 Å². The molecular formula is C13H18N4O. The van der Waals surface area contributed by atoms with Crippen molar-refractivity contribution in [2.75, 3.05) is 12.3 Å². The molecule has 0 saturated heterocycles. The topological polar surface area (TPSA) is 66.0 Å². The SMILES string of the molecule is Cc1ccc(C)c(OCCn2nnc(N)c2C)c1. The number of ether oxygens (including phenoxy) is 1. The lowest BCUT2D eigenvalue weighted by molar-refractivity contribution is 0.286. The fourth-order valence-corrected chi connectivity index (χ4v) is 1.69. The molecule has 0 aliphatic rings. The van der Waals surface area contributed by atoms with Gasteiger partial charge in [0.25, 0.3) is 0 Å². The number of hydrogen-bond donors (Lipinski definition) is 1. The molecule has 2 N–H and O–H groups in total. The molecule has 0 spiro atoms. The van der Waals surface area contributed by atoms with E-state index >= 15 is 0 Å². The van der Waals surface area contributed by atoms with Gasteiger partial charge in [-0.3, -0.25) is 0 Å². The lowest BCUT2D eigenvalue weighted by atomic mass is 10.1. The van der Waals surface area contributed by atoms with Crippen LogP contribution < -0.4 is 10.5 Å². The summed E-state index contributed by atoms with van der Waals surface area (Å²) in [5.74, 6) is 1.39. The number of nitrogens with zero attached hydrogens (tertiary/aromatic N) is 3. The lowest BCUT2D eigenvalue weighted by Gasteiger charge is -2.10. The first-order valence-corrected chi connectivity index (χ1v) is 5.93. The average Bonchev–Trinajstić information content (AvgIpc) is 2.65. The van der Waals surface area contributed by atoms with Crippen molar-refractivity contribution in [1.29, 1.82) is 0 Å². The quantitative estimate of drug-likeness (QED) is 0.894. The third kappa shape index (κ3) is 2.61. The molecule has 5 nitrogen and oxygen atoms in total. The van der Waals surface area contributed by atoms with Crippen LogP contribution in [-0.2, 0) is 6.54 Å². The average molecular weight is 246 g/mol. The molecule has 18 heavy (non-hydrogen) atoms. The Kier molecular flexibility index (Phi) is 3.50. The molecular weight excluding hydrogens is 228 g/mol. The Bertz CT molecular complexity index is 548. The largest absolute Gasteiger partial charge is 0.491 e. The van der Waals surface area contributed by atoms with Crippen molar-refractivity contribution in [3.63, 3.8) is 0 Å². The Hall–Kier alpha value is -2.04. The summed E-state index contributed by atoms with van der Waals surface area (Å²) in [5, 5.41) is 7.76. The molecule has 0 amide bonds. The van der Waals surface area contributed by atoms with Gasteiger partial charge in [-0.05, 0) is 38.0 Å². The number of nitrogens with two attached hydrogens (primary N) is 1. The van der Waals surface area contributed by atoms with Crippen LogP contribution in [0, 0.1) is 20.8 Å². The fraction of sp³-hybridized carbons (Fsp3) is 0.385. The summed E-state index contributed by atoms with van der Waals surface area (Å²) < 4.78 is 7.51.